The Hall–Kier alpha value is -3.42. The number of hydrogen-bond acceptors (Lipinski definition) is 5. The Morgan fingerprint density at radius 2 is 1.58 bits per heavy atom. The maximum absolute atomic E-state index is 12.7. The maximum Gasteiger partial charge on any atom is 0.257 e. The molecule has 1 saturated heterocycles. The summed E-state index contributed by atoms with van der Waals surface area (Å²) in [6.07, 6.45) is 0. The molecule has 7 heteroatoms. The fourth-order valence-electron chi connectivity index (χ4n) is 3.67. The van der Waals surface area contributed by atoms with Crippen LogP contribution in [-0.4, -0.2) is 49.1 Å². The predicted molar refractivity (Wildman–Crippen MR) is 137 cm³/mol. The fraction of sp³-hybridized carbons (Fsp3) is 0.231. The number of amides is 1. The summed E-state index contributed by atoms with van der Waals surface area (Å²) in [7, 11) is 2.13. The van der Waals surface area contributed by atoms with Crippen molar-refractivity contribution in [3.05, 3.63) is 90.0 Å². The number of carbonyl (C=O) groups excluding carboxylic acids is 1. The first-order valence-corrected chi connectivity index (χ1v) is 11.4. The summed E-state index contributed by atoms with van der Waals surface area (Å²) in [5.74, 6) is 0.441. The van der Waals surface area contributed by atoms with E-state index in [1.165, 1.54) is 0 Å². The van der Waals surface area contributed by atoms with Gasteiger partial charge in [0.1, 0.15) is 12.4 Å². The molecule has 1 fully saturated rings. The maximum atomic E-state index is 12.7. The molecule has 4 rings (SSSR count). The molecular formula is C26H28N4O2S. The second kappa shape index (κ2) is 10.9. The van der Waals surface area contributed by atoms with Crippen molar-refractivity contribution in [2.24, 2.45) is 0 Å². The molecule has 6 nitrogen and oxygen atoms in total. The highest BCUT2D eigenvalue weighted by Crippen LogP contribution is 2.26. The second-order valence-electron chi connectivity index (χ2n) is 8.01. The molecule has 0 spiro atoms. The Morgan fingerprint density at radius 3 is 2.30 bits per heavy atom. The van der Waals surface area contributed by atoms with Crippen molar-refractivity contribution in [3.8, 4) is 5.75 Å². The molecule has 0 radical (unpaired) electrons. The fourth-order valence-corrected chi connectivity index (χ4v) is 3.88. The number of likely N-dealkylation sites (N-methyl/N-ethyl adjacent to an activating group) is 1. The average molecular weight is 461 g/mol. The van der Waals surface area contributed by atoms with Crippen molar-refractivity contribution in [3.63, 3.8) is 0 Å². The lowest BCUT2D eigenvalue weighted by molar-refractivity contribution is 0.0977. The van der Waals surface area contributed by atoms with E-state index in [0.29, 0.717) is 17.9 Å². The van der Waals surface area contributed by atoms with Gasteiger partial charge < -0.3 is 19.9 Å². The highest BCUT2D eigenvalue weighted by Gasteiger charge is 2.17. The van der Waals surface area contributed by atoms with Crippen molar-refractivity contribution in [2.75, 3.05) is 43.4 Å². The van der Waals surface area contributed by atoms with Crippen molar-refractivity contribution in [1.82, 2.24) is 10.2 Å². The van der Waals surface area contributed by atoms with Crippen LogP contribution in [-0.2, 0) is 6.61 Å². The van der Waals surface area contributed by atoms with E-state index in [1.54, 1.807) is 24.3 Å². The highest BCUT2D eigenvalue weighted by atomic mass is 32.1. The van der Waals surface area contributed by atoms with Crippen molar-refractivity contribution in [2.45, 2.75) is 6.61 Å². The molecule has 0 aromatic heterocycles. The number of hydrogen-bond donors (Lipinski definition) is 2. The van der Waals surface area contributed by atoms with Crippen LogP contribution in [0.1, 0.15) is 15.9 Å². The van der Waals surface area contributed by atoms with Gasteiger partial charge in [0, 0.05) is 31.7 Å². The van der Waals surface area contributed by atoms with Gasteiger partial charge in [-0.1, -0.05) is 42.5 Å². The number of benzene rings is 3. The third kappa shape index (κ3) is 6.31. The van der Waals surface area contributed by atoms with E-state index in [1.807, 2.05) is 48.5 Å². The molecule has 0 saturated carbocycles. The average Bonchev–Trinajstić information content (AvgIpc) is 2.84. The molecule has 0 atom stereocenters. The highest BCUT2D eigenvalue weighted by molar-refractivity contribution is 7.80. The molecular weight excluding hydrogens is 432 g/mol. The number of para-hydroxylation sites is 2. The number of anilines is 2. The quantitative estimate of drug-likeness (QED) is 0.539. The Balaban J connectivity index is 1.32. The summed E-state index contributed by atoms with van der Waals surface area (Å²) in [4.78, 5) is 17.3. The first-order chi connectivity index (χ1) is 16.1. The topological polar surface area (TPSA) is 56.8 Å². The van der Waals surface area contributed by atoms with E-state index >= 15 is 0 Å². The summed E-state index contributed by atoms with van der Waals surface area (Å²) in [5.41, 5.74) is 3.57. The predicted octanol–water partition coefficient (Wildman–Crippen LogP) is 4.14. The van der Waals surface area contributed by atoms with Gasteiger partial charge in [-0.05, 0) is 61.2 Å². The number of rotatable bonds is 6. The van der Waals surface area contributed by atoms with Crippen LogP contribution in [0.3, 0.4) is 0 Å². The monoisotopic (exact) mass is 460 g/mol. The molecule has 3 aromatic rings. The lowest BCUT2D eigenvalue weighted by Crippen LogP contribution is -2.45. The smallest absolute Gasteiger partial charge is 0.257 e. The van der Waals surface area contributed by atoms with Crippen LogP contribution >= 0.6 is 12.2 Å². The Morgan fingerprint density at radius 1 is 0.909 bits per heavy atom. The van der Waals surface area contributed by atoms with Gasteiger partial charge >= 0.3 is 0 Å². The van der Waals surface area contributed by atoms with E-state index in [2.05, 4.69) is 33.5 Å². The first kappa shape index (κ1) is 22.8. The van der Waals surface area contributed by atoms with E-state index in [-0.39, 0.29) is 11.0 Å². The number of thiocarbonyl (C=S) groups is 1. The first-order valence-electron chi connectivity index (χ1n) is 11.0. The largest absolute Gasteiger partial charge is 0.489 e. The molecule has 1 heterocycles. The lowest BCUT2D eigenvalue weighted by Gasteiger charge is -2.35. The molecule has 0 bridgehead atoms. The minimum atomic E-state index is -0.265. The molecule has 1 aliphatic heterocycles. The van der Waals surface area contributed by atoms with E-state index in [4.69, 9.17) is 17.0 Å². The minimum absolute atomic E-state index is 0.265. The van der Waals surface area contributed by atoms with Gasteiger partial charge in [-0.15, -0.1) is 0 Å². The normalized spacial score (nSPS) is 13.9. The van der Waals surface area contributed by atoms with Gasteiger partial charge in [0.15, 0.2) is 5.11 Å². The summed E-state index contributed by atoms with van der Waals surface area (Å²) in [5, 5.41) is 6.23. The summed E-state index contributed by atoms with van der Waals surface area (Å²) in [6, 6.07) is 25.0. The van der Waals surface area contributed by atoms with Crippen LogP contribution < -0.4 is 20.3 Å². The van der Waals surface area contributed by atoms with Crippen LogP contribution in [0.15, 0.2) is 78.9 Å². The third-order valence-corrected chi connectivity index (χ3v) is 5.79. The summed E-state index contributed by atoms with van der Waals surface area (Å²) < 4.78 is 5.79. The molecule has 170 valence electrons. The number of nitrogens with one attached hydrogen (secondary N) is 2. The third-order valence-electron chi connectivity index (χ3n) is 5.59. The van der Waals surface area contributed by atoms with E-state index < -0.39 is 0 Å². The zero-order valence-corrected chi connectivity index (χ0v) is 19.5. The van der Waals surface area contributed by atoms with Crippen molar-refractivity contribution >= 4 is 34.6 Å². The zero-order chi connectivity index (χ0) is 23.0. The number of piperazine rings is 1. The summed E-state index contributed by atoms with van der Waals surface area (Å²) in [6.45, 7) is 4.41. The Kier molecular flexibility index (Phi) is 7.55. The summed E-state index contributed by atoms with van der Waals surface area (Å²) >= 11 is 5.42. The molecule has 2 N–H and O–H groups in total. The molecule has 1 aliphatic rings. The number of carbonyl (C=O) groups is 1. The van der Waals surface area contributed by atoms with E-state index in [9.17, 15) is 4.79 Å². The number of ether oxygens (including phenoxy) is 1. The van der Waals surface area contributed by atoms with Crippen molar-refractivity contribution in [1.29, 1.82) is 0 Å². The Labute approximate surface area is 200 Å². The van der Waals surface area contributed by atoms with Gasteiger partial charge in [0.2, 0.25) is 0 Å². The van der Waals surface area contributed by atoms with Gasteiger partial charge in [-0.25, -0.2) is 0 Å². The van der Waals surface area contributed by atoms with Crippen LogP contribution in [0.25, 0.3) is 0 Å². The molecule has 3 aromatic carbocycles. The SMILES string of the molecule is CN1CCN(c2ccccc2NC(=S)NC(=O)c2ccc(OCc3ccccc3)cc2)CC1. The lowest BCUT2D eigenvalue weighted by atomic mass is 10.2. The minimum Gasteiger partial charge on any atom is -0.489 e. The molecule has 0 unspecified atom stereocenters. The van der Waals surface area contributed by atoms with Gasteiger partial charge in [0.05, 0.1) is 11.4 Å². The van der Waals surface area contributed by atoms with E-state index in [0.717, 1.165) is 43.1 Å². The van der Waals surface area contributed by atoms with Crippen LogP contribution in [0.5, 0.6) is 5.75 Å². The molecule has 33 heavy (non-hydrogen) atoms. The zero-order valence-electron chi connectivity index (χ0n) is 18.7. The molecule has 0 aliphatic carbocycles. The van der Waals surface area contributed by atoms with Crippen LogP contribution in [0.4, 0.5) is 11.4 Å². The molecule has 1 amide bonds. The van der Waals surface area contributed by atoms with Gasteiger partial charge in [-0.3, -0.25) is 10.1 Å². The van der Waals surface area contributed by atoms with Crippen molar-refractivity contribution < 1.29 is 9.53 Å². The van der Waals surface area contributed by atoms with Crippen LogP contribution in [0.2, 0.25) is 0 Å². The van der Waals surface area contributed by atoms with Crippen LogP contribution in [0, 0.1) is 0 Å². The van der Waals surface area contributed by atoms with Gasteiger partial charge in [0.25, 0.3) is 5.91 Å². The standard InChI is InChI=1S/C26H28N4O2S/c1-29-15-17-30(18-16-29)24-10-6-5-9-23(24)27-26(33)28-25(31)21-11-13-22(14-12-21)32-19-20-7-3-2-4-8-20/h2-14H,15-19H2,1H3,(H2,27,28,31,33). The Bertz CT molecular complexity index is 1080. The second-order valence-corrected chi connectivity index (χ2v) is 8.42. The van der Waals surface area contributed by atoms with Gasteiger partial charge in [-0.2, -0.15) is 0 Å². The number of nitrogens with zero attached hydrogens (tertiary/aromatic N) is 2.